The Kier molecular flexibility index (Phi) is 6.14. The molecule has 168 valence electrons. The first-order valence-electron chi connectivity index (χ1n) is 10.8. The molecule has 9 heteroatoms. The molecule has 1 fully saturated rings. The normalized spacial score (nSPS) is 16.6. The first-order valence-corrected chi connectivity index (χ1v) is 11.6. The molecule has 2 N–H and O–H groups in total. The first kappa shape index (κ1) is 21.3. The van der Waals surface area contributed by atoms with Crippen LogP contribution in [-0.4, -0.2) is 47.3 Å². The summed E-state index contributed by atoms with van der Waals surface area (Å²) in [7, 11) is 1.51. The molecule has 5 rings (SSSR count). The van der Waals surface area contributed by atoms with Crippen LogP contribution >= 0.6 is 11.3 Å². The van der Waals surface area contributed by atoms with Crippen molar-refractivity contribution in [3.63, 3.8) is 0 Å². The van der Waals surface area contributed by atoms with Crippen molar-refractivity contribution in [1.82, 2.24) is 15.2 Å². The van der Waals surface area contributed by atoms with Crippen molar-refractivity contribution in [3.8, 4) is 0 Å². The molecule has 1 amide bonds. The Labute approximate surface area is 195 Å². The van der Waals surface area contributed by atoms with Gasteiger partial charge in [0.2, 0.25) is 0 Å². The van der Waals surface area contributed by atoms with Crippen molar-refractivity contribution < 1.29 is 9.53 Å². The molecule has 3 heterocycles. The van der Waals surface area contributed by atoms with Crippen molar-refractivity contribution in [1.29, 1.82) is 0 Å². The van der Waals surface area contributed by atoms with Gasteiger partial charge in [-0.3, -0.25) is 4.79 Å². The van der Waals surface area contributed by atoms with Crippen molar-refractivity contribution in [3.05, 3.63) is 72.3 Å². The number of nitrogens with one attached hydrogen (secondary N) is 2. The number of benzene rings is 2. The van der Waals surface area contributed by atoms with Gasteiger partial charge in [0.05, 0.1) is 10.2 Å². The van der Waals surface area contributed by atoms with Gasteiger partial charge in [0.25, 0.3) is 5.91 Å². The van der Waals surface area contributed by atoms with Gasteiger partial charge < -0.3 is 20.3 Å². The Balaban J connectivity index is 1.17. The minimum atomic E-state index is -0.710. The van der Waals surface area contributed by atoms with E-state index in [9.17, 15) is 4.79 Å². The quantitative estimate of drug-likeness (QED) is 0.429. The smallest absolute Gasteiger partial charge is 0.259 e. The molecule has 2 aromatic heterocycles. The Hall–Kier alpha value is -3.56. The number of carbonyl (C=O) groups excluding carboxylic acids is 1. The molecule has 1 saturated heterocycles. The molecule has 0 aliphatic carbocycles. The average molecular weight is 461 g/mol. The number of nitrogens with zero attached hydrogens (tertiary/aromatic N) is 4. The standard InChI is InChI=1S/C24H24N6O2S/c1-32-22(16-7-3-2-4-8-16)23(31)27-21-12-11-20(28-29-21)25-17-13-14-30(15-17)24-26-18-9-5-6-10-19(18)33-24/h2-12,17,22H,13-15H2,1H3,(H,25,28)(H,27,29,31)/t17-,22-/m1/s1. The lowest BCUT2D eigenvalue weighted by atomic mass is 10.1. The summed E-state index contributed by atoms with van der Waals surface area (Å²) in [4.78, 5) is 19.7. The maximum Gasteiger partial charge on any atom is 0.259 e. The van der Waals surface area contributed by atoms with Crippen LogP contribution in [0.4, 0.5) is 16.8 Å². The van der Waals surface area contributed by atoms with Gasteiger partial charge in [0.15, 0.2) is 17.1 Å². The lowest BCUT2D eigenvalue weighted by molar-refractivity contribution is -0.126. The summed E-state index contributed by atoms with van der Waals surface area (Å²) < 4.78 is 6.57. The topological polar surface area (TPSA) is 92.3 Å². The number of hydrogen-bond acceptors (Lipinski definition) is 8. The van der Waals surface area contributed by atoms with E-state index >= 15 is 0 Å². The highest BCUT2D eigenvalue weighted by Gasteiger charge is 2.25. The zero-order valence-corrected chi connectivity index (χ0v) is 19.0. The maximum atomic E-state index is 12.6. The Morgan fingerprint density at radius 1 is 1.06 bits per heavy atom. The third-order valence-electron chi connectivity index (χ3n) is 5.59. The molecule has 2 atom stereocenters. The minimum absolute atomic E-state index is 0.253. The zero-order chi connectivity index (χ0) is 22.6. The molecule has 0 spiro atoms. The molecule has 0 bridgehead atoms. The van der Waals surface area contributed by atoms with Crippen LogP contribution in [0.2, 0.25) is 0 Å². The summed E-state index contributed by atoms with van der Waals surface area (Å²) in [5.41, 5.74) is 1.82. The van der Waals surface area contributed by atoms with Gasteiger partial charge in [0, 0.05) is 26.2 Å². The van der Waals surface area contributed by atoms with E-state index in [-0.39, 0.29) is 11.9 Å². The second kappa shape index (κ2) is 9.51. The lowest BCUT2D eigenvalue weighted by Gasteiger charge is -2.16. The van der Waals surface area contributed by atoms with Gasteiger partial charge in [-0.25, -0.2) is 4.98 Å². The van der Waals surface area contributed by atoms with Crippen molar-refractivity contribution >= 4 is 44.2 Å². The number of para-hydroxylation sites is 1. The summed E-state index contributed by atoms with van der Waals surface area (Å²) in [6.45, 7) is 1.80. The van der Waals surface area contributed by atoms with Crippen molar-refractivity contribution in [2.24, 2.45) is 0 Å². The number of rotatable bonds is 7. The van der Waals surface area contributed by atoms with Crippen LogP contribution in [-0.2, 0) is 9.53 Å². The number of fused-ring (bicyclic) bond motifs is 1. The third-order valence-corrected chi connectivity index (χ3v) is 6.68. The van der Waals surface area contributed by atoms with Crippen molar-refractivity contribution in [2.75, 3.05) is 35.7 Å². The predicted octanol–water partition coefficient (Wildman–Crippen LogP) is 4.10. The number of hydrogen-bond donors (Lipinski definition) is 2. The average Bonchev–Trinajstić information content (AvgIpc) is 3.48. The fourth-order valence-electron chi connectivity index (χ4n) is 3.95. The summed E-state index contributed by atoms with van der Waals surface area (Å²) in [5.74, 6) is 0.766. The van der Waals surface area contributed by atoms with E-state index in [1.807, 2.05) is 54.6 Å². The molecule has 1 aliphatic heterocycles. The van der Waals surface area contributed by atoms with Gasteiger partial charge in [-0.2, -0.15) is 0 Å². The van der Waals surface area contributed by atoms with Gasteiger partial charge >= 0.3 is 0 Å². The molecule has 0 unspecified atom stereocenters. The van der Waals surface area contributed by atoms with Crippen LogP contribution in [0.15, 0.2) is 66.7 Å². The minimum Gasteiger partial charge on any atom is -0.367 e. The fraction of sp³-hybridized carbons (Fsp3) is 0.250. The Morgan fingerprint density at radius 3 is 2.58 bits per heavy atom. The van der Waals surface area contributed by atoms with Crippen molar-refractivity contribution in [2.45, 2.75) is 18.6 Å². The largest absolute Gasteiger partial charge is 0.367 e. The van der Waals surface area contributed by atoms with Crippen LogP contribution in [0.1, 0.15) is 18.1 Å². The number of ether oxygens (including phenoxy) is 1. The molecule has 33 heavy (non-hydrogen) atoms. The van der Waals surface area contributed by atoms with Crippen LogP contribution in [0.5, 0.6) is 0 Å². The number of amides is 1. The van der Waals surface area contributed by atoms with E-state index < -0.39 is 6.10 Å². The van der Waals surface area contributed by atoms with Gasteiger partial charge in [-0.1, -0.05) is 53.8 Å². The third kappa shape index (κ3) is 4.79. The summed E-state index contributed by atoms with van der Waals surface area (Å²) in [6.07, 6.45) is 0.278. The van der Waals surface area contributed by atoms with Crippen LogP contribution in [0.3, 0.4) is 0 Å². The summed E-state index contributed by atoms with van der Waals surface area (Å²) in [5, 5.41) is 15.7. The molecule has 2 aromatic carbocycles. The Bertz CT molecular complexity index is 1200. The summed E-state index contributed by atoms with van der Waals surface area (Å²) in [6, 6.07) is 21.4. The Morgan fingerprint density at radius 2 is 1.82 bits per heavy atom. The highest BCUT2D eigenvalue weighted by molar-refractivity contribution is 7.22. The first-order chi connectivity index (χ1) is 16.2. The van der Waals surface area contributed by atoms with Crippen LogP contribution in [0, 0.1) is 0 Å². The fourth-order valence-corrected chi connectivity index (χ4v) is 4.95. The lowest BCUT2D eigenvalue weighted by Crippen LogP contribution is -2.26. The monoisotopic (exact) mass is 460 g/mol. The highest BCUT2D eigenvalue weighted by Crippen LogP contribution is 2.31. The van der Waals surface area contributed by atoms with E-state index in [2.05, 4.69) is 31.8 Å². The van der Waals surface area contributed by atoms with E-state index in [1.54, 1.807) is 17.4 Å². The van der Waals surface area contributed by atoms with Gasteiger partial charge in [0.1, 0.15) is 5.82 Å². The number of carbonyl (C=O) groups is 1. The van der Waals surface area contributed by atoms with Gasteiger partial charge in [-0.05, 0) is 36.2 Å². The SMILES string of the molecule is CO[C@@H](C(=O)Nc1ccc(N[C@@H]2CCN(c3nc4ccccc4s3)C2)nn1)c1ccccc1. The summed E-state index contributed by atoms with van der Waals surface area (Å²) >= 11 is 1.72. The molecular weight excluding hydrogens is 436 g/mol. The van der Waals surface area contributed by atoms with E-state index in [0.29, 0.717) is 11.6 Å². The molecule has 0 saturated carbocycles. The number of anilines is 3. The van der Waals surface area contributed by atoms with Crippen LogP contribution in [0.25, 0.3) is 10.2 Å². The molecule has 8 nitrogen and oxygen atoms in total. The molecule has 1 aliphatic rings. The van der Waals surface area contributed by atoms with Crippen LogP contribution < -0.4 is 15.5 Å². The van der Waals surface area contributed by atoms with E-state index in [4.69, 9.17) is 9.72 Å². The molecular formula is C24H24N6O2S. The number of methoxy groups -OCH3 is 1. The predicted molar refractivity (Wildman–Crippen MR) is 131 cm³/mol. The molecule has 4 aromatic rings. The second-order valence-corrected chi connectivity index (χ2v) is 8.87. The molecule has 0 radical (unpaired) electrons. The van der Waals surface area contributed by atoms with E-state index in [0.717, 1.165) is 35.7 Å². The zero-order valence-electron chi connectivity index (χ0n) is 18.1. The van der Waals surface area contributed by atoms with E-state index in [1.165, 1.54) is 11.8 Å². The number of thiazole rings is 1. The highest BCUT2D eigenvalue weighted by atomic mass is 32.1. The maximum absolute atomic E-state index is 12.6. The number of aromatic nitrogens is 3. The van der Waals surface area contributed by atoms with Gasteiger partial charge in [-0.15, -0.1) is 10.2 Å². The second-order valence-electron chi connectivity index (χ2n) is 7.86.